The summed E-state index contributed by atoms with van der Waals surface area (Å²) in [4.78, 5) is 3.60. The van der Waals surface area contributed by atoms with Gasteiger partial charge < -0.3 is 20.4 Å². The molecule has 0 saturated heterocycles. The summed E-state index contributed by atoms with van der Waals surface area (Å²) in [7, 11) is 3.59. The Morgan fingerprint density at radius 2 is 2.20 bits per heavy atom. The molecular formula is C20H26FN3O. The molecule has 4 unspecified atom stereocenters. The van der Waals surface area contributed by atoms with Gasteiger partial charge in [-0.15, -0.1) is 0 Å². The lowest BCUT2D eigenvalue weighted by Crippen LogP contribution is -2.39. The third-order valence-electron chi connectivity index (χ3n) is 5.55. The number of allylic oxidation sites excluding steroid dienone is 1. The monoisotopic (exact) mass is 343 g/mol. The highest BCUT2D eigenvalue weighted by atomic mass is 19.1. The first kappa shape index (κ1) is 16.6. The standard InChI is InChI=1S/C20H26FN3O/c1-22-12-4-7-18-15(9-12)16-10-13(5-8-19(16)24-18)23-14-3-6-17(21)20(11-14)25-2/h3,6,8,10-13,17,20,22-24H,4-5,7,9H2,1-2H3. The van der Waals surface area contributed by atoms with Gasteiger partial charge in [0.25, 0.3) is 0 Å². The lowest BCUT2D eigenvalue weighted by atomic mass is 9.91. The van der Waals surface area contributed by atoms with Crippen LogP contribution in [0, 0.1) is 0 Å². The van der Waals surface area contributed by atoms with Crippen molar-refractivity contribution in [3.05, 3.63) is 45.8 Å². The van der Waals surface area contributed by atoms with Gasteiger partial charge in [-0.1, -0.05) is 12.2 Å². The summed E-state index contributed by atoms with van der Waals surface area (Å²) >= 11 is 0. The molecule has 0 radical (unpaired) electrons. The van der Waals surface area contributed by atoms with Gasteiger partial charge in [-0.2, -0.15) is 0 Å². The van der Waals surface area contributed by atoms with Crippen LogP contribution in [-0.2, 0) is 17.6 Å². The van der Waals surface area contributed by atoms with Crippen molar-refractivity contribution >= 4 is 12.2 Å². The minimum Gasteiger partial charge on any atom is -0.379 e. The Labute approximate surface area is 147 Å². The highest BCUT2D eigenvalue weighted by Gasteiger charge is 2.23. The van der Waals surface area contributed by atoms with Crippen LogP contribution >= 0.6 is 0 Å². The van der Waals surface area contributed by atoms with E-state index in [9.17, 15) is 4.39 Å². The van der Waals surface area contributed by atoms with Crippen molar-refractivity contribution in [1.82, 2.24) is 15.6 Å². The van der Waals surface area contributed by atoms with Gasteiger partial charge in [0.05, 0.1) is 0 Å². The number of hydrogen-bond donors (Lipinski definition) is 3. The first-order valence-corrected chi connectivity index (χ1v) is 9.10. The van der Waals surface area contributed by atoms with Gasteiger partial charge in [0.1, 0.15) is 12.3 Å². The third kappa shape index (κ3) is 3.18. The van der Waals surface area contributed by atoms with Crippen molar-refractivity contribution in [3.8, 4) is 0 Å². The van der Waals surface area contributed by atoms with Crippen LogP contribution in [0.3, 0.4) is 0 Å². The fourth-order valence-corrected chi connectivity index (χ4v) is 4.09. The molecule has 0 saturated carbocycles. The van der Waals surface area contributed by atoms with Crippen molar-refractivity contribution in [2.45, 2.75) is 50.0 Å². The van der Waals surface area contributed by atoms with Crippen LogP contribution in [0.2, 0.25) is 0 Å². The number of aromatic amines is 1. The number of fused-ring (bicyclic) bond motifs is 3. The molecule has 0 amide bonds. The van der Waals surface area contributed by atoms with E-state index in [1.165, 1.54) is 28.2 Å². The van der Waals surface area contributed by atoms with Crippen LogP contribution in [0.1, 0.15) is 24.1 Å². The number of rotatable bonds is 4. The normalized spacial score (nSPS) is 30.6. The number of likely N-dealkylation sites (N-methyl/N-ethyl adjacent to an activating group) is 1. The molecule has 0 spiro atoms. The minimum absolute atomic E-state index is 0.215. The highest BCUT2D eigenvalue weighted by molar-refractivity contribution is 5.48. The van der Waals surface area contributed by atoms with Gasteiger partial charge in [0.15, 0.2) is 0 Å². The molecule has 0 aromatic carbocycles. The lowest BCUT2D eigenvalue weighted by Gasteiger charge is -2.24. The largest absolute Gasteiger partial charge is 0.379 e. The number of aromatic nitrogens is 1. The molecule has 1 aromatic heterocycles. The van der Waals surface area contributed by atoms with Gasteiger partial charge >= 0.3 is 0 Å². The predicted octanol–water partition coefficient (Wildman–Crippen LogP) is 0.821. The van der Waals surface area contributed by atoms with Crippen LogP contribution < -0.4 is 21.2 Å². The topological polar surface area (TPSA) is 49.1 Å². The third-order valence-corrected chi connectivity index (χ3v) is 5.55. The molecule has 25 heavy (non-hydrogen) atoms. The fraction of sp³-hybridized carbons (Fsp3) is 0.500. The SMILES string of the molecule is CNC1CCc2[nH]c3c(c2C1)=CC(NC1=CC(OC)C(F)C=C1)CC=3. The zero-order valence-corrected chi connectivity index (χ0v) is 14.8. The lowest BCUT2D eigenvalue weighted by molar-refractivity contribution is 0.0846. The van der Waals surface area contributed by atoms with Crippen LogP contribution in [0.15, 0.2) is 23.9 Å². The number of hydrogen-bond acceptors (Lipinski definition) is 3. The Balaban J connectivity index is 1.58. The highest BCUT2D eigenvalue weighted by Crippen LogP contribution is 2.18. The van der Waals surface area contributed by atoms with Gasteiger partial charge in [0.2, 0.25) is 0 Å². The van der Waals surface area contributed by atoms with E-state index in [2.05, 4.69) is 27.8 Å². The predicted molar refractivity (Wildman–Crippen MR) is 98.3 cm³/mol. The minimum atomic E-state index is -1.07. The van der Waals surface area contributed by atoms with E-state index in [0.717, 1.165) is 25.0 Å². The van der Waals surface area contributed by atoms with Crippen molar-refractivity contribution in [2.75, 3.05) is 14.2 Å². The second kappa shape index (κ2) is 6.81. The Morgan fingerprint density at radius 3 is 3.00 bits per heavy atom. The number of aryl methyl sites for hydroxylation is 1. The zero-order valence-electron chi connectivity index (χ0n) is 14.8. The molecule has 3 aliphatic carbocycles. The average Bonchev–Trinajstić information content (AvgIpc) is 3.00. The van der Waals surface area contributed by atoms with Gasteiger partial charge in [-0.3, -0.25) is 0 Å². The second-order valence-corrected chi connectivity index (χ2v) is 7.12. The molecule has 5 heteroatoms. The van der Waals surface area contributed by atoms with Crippen LogP contribution in [0.25, 0.3) is 12.2 Å². The van der Waals surface area contributed by atoms with E-state index in [1.807, 2.05) is 19.2 Å². The number of H-pyrrole nitrogens is 1. The molecule has 0 fully saturated rings. The molecule has 1 heterocycles. The number of ether oxygens (including phenoxy) is 1. The number of halogens is 1. The first-order chi connectivity index (χ1) is 12.2. The number of methoxy groups -OCH3 is 1. The molecule has 0 bridgehead atoms. The summed E-state index contributed by atoms with van der Waals surface area (Å²) in [5.41, 5.74) is 3.77. The Hall–Kier alpha value is -1.85. The summed E-state index contributed by atoms with van der Waals surface area (Å²) in [5, 5.41) is 9.52. The summed E-state index contributed by atoms with van der Waals surface area (Å²) < 4.78 is 18.9. The molecule has 1 aromatic rings. The Bertz CT molecular complexity index is 823. The average molecular weight is 343 g/mol. The molecule has 4 rings (SSSR count). The molecular weight excluding hydrogens is 317 g/mol. The number of alkyl halides is 1. The van der Waals surface area contributed by atoms with Crippen LogP contribution in [-0.4, -0.2) is 43.5 Å². The molecule has 4 nitrogen and oxygen atoms in total. The maximum atomic E-state index is 13.7. The Kier molecular flexibility index (Phi) is 4.52. The fourth-order valence-electron chi connectivity index (χ4n) is 4.09. The summed E-state index contributed by atoms with van der Waals surface area (Å²) in [6.07, 6.45) is 12.5. The van der Waals surface area contributed by atoms with Crippen molar-refractivity contribution < 1.29 is 9.13 Å². The van der Waals surface area contributed by atoms with Gasteiger partial charge in [0, 0.05) is 41.2 Å². The van der Waals surface area contributed by atoms with E-state index in [1.54, 1.807) is 13.2 Å². The van der Waals surface area contributed by atoms with Crippen LogP contribution in [0.5, 0.6) is 0 Å². The summed E-state index contributed by atoms with van der Waals surface area (Å²) in [6.45, 7) is 0. The van der Waals surface area contributed by atoms with Crippen molar-refractivity contribution in [1.29, 1.82) is 0 Å². The van der Waals surface area contributed by atoms with Crippen molar-refractivity contribution in [2.24, 2.45) is 0 Å². The quantitative estimate of drug-likeness (QED) is 0.759. The van der Waals surface area contributed by atoms with Crippen LogP contribution in [0.4, 0.5) is 4.39 Å². The Morgan fingerprint density at radius 1 is 1.32 bits per heavy atom. The smallest absolute Gasteiger partial charge is 0.148 e. The maximum absolute atomic E-state index is 13.7. The van der Waals surface area contributed by atoms with E-state index in [0.29, 0.717) is 6.04 Å². The maximum Gasteiger partial charge on any atom is 0.148 e. The second-order valence-electron chi connectivity index (χ2n) is 7.12. The molecule has 3 aliphatic rings. The molecule has 134 valence electrons. The summed E-state index contributed by atoms with van der Waals surface area (Å²) in [6, 6.07) is 0.772. The summed E-state index contributed by atoms with van der Waals surface area (Å²) in [5.74, 6) is 0. The molecule has 3 N–H and O–H groups in total. The zero-order chi connectivity index (χ0) is 17.4. The van der Waals surface area contributed by atoms with Gasteiger partial charge in [-0.25, -0.2) is 4.39 Å². The molecule has 0 aliphatic heterocycles. The van der Waals surface area contributed by atoms with E-state index < -0.39 is 12.3 Å². The van der Waals surface area contributed by atoms with Gasteiger partial charge in [-0.05, 0) is 56.5 Å². The van der Waals surface area contributed by atoms with E-state index in [4.69, 9.17) is 4.74 Å². The van der Waals surface area contributed by atoms with E-state index in [-0.39, 0.29) is 6.04 Å². The first-order valence-electron chi connectivity index (χ1n) is 9.10. The number of nitrogens with one attached hydrogen (secondary N) is 3. The molecule has 4 atom stereocenters. The van der Waals surface area contributed by atoms with E-state index >= 15 is 0 Å². The van der Waals surface area contributed by atoms with Crippen molar-refractivity contribution in [3.63, 3.8) is 0 Å².